The van der Waals surface area contributed by atoms with E-state index in [2.05, 4.69) is 18.9 Å². The third-order valence-corrected chi connectivity index (χ3v) is 3.55. The molecule has 108 valence electrons. The number of aryl methyl sites for hydroxylation is 1. The van der Waals surface area contributed by atoms with Gasteiger partial charge in [-0.2, -0.15) is 0 Å². The molecule has 4 N–H and O–H groups in total. The van der Waals surface area contributed by atoms with Crippen molar-refractivity contribution in [2.45, 2.75) is 45.4 Å². The average Bonchev–Trinajstić information content (AvgIpc) is 2.39. The topological polar surface area (TPSA) is 55.3 Å². The van der Waals surface area contributed by atoms with E-state index in [9.17, 15) is 0 Å². The average molecular weight is 263 g/mol. The van der Waals surface area contributed by atoms with E-state index in [4.69, 9.17) is 11.5 Å². The summed E-state index contributed by atoms with van der Waals surface area (Å²) in [5.74, 6) is 0. The molecule has 0 fully saturated rings. The van der Waals surface area contributed by atoms with E-state index >= 15 is 0 Å². The van der Waals surface area contributed by atoms with Gasteiger partial charge < -0.3 is 16.4 Å². The van der Waals surface area contributed by atoms with Crippen LogP contribution in [0.15, 0.2) is 18.2 Å². The van der Waals surface area contributed by atoms with E-state index in [1.54, 1.807) is 0 Å². The Morgan fingerprint density at radius 2 is 1.74 bits per heavy atom. The van der Waals surface area contributed by atoms with Crippen LogP contribution >= 0.6 is 0 Å². The zero-order chi connectivity index (χ0) is 14.1. The molecule has 0 aliphatic rings. The van der Waals surface area contributed by atoms with Crippen molar-refractivity contribution in [2.75, 3.05) is 31.6 Å². The largest absolute Gasteiger partial charge is 0.399 e. The quantitative estimate of drug-likeness (QED) is 0.531. The lowest BCUT2D eigenvalue weighted by Crippen LogP contribution is -2.21. The van der Waals surface area contributed by atoms with E-state index in [-0.39, 0.29) is 0 Å². The van der Waals surface area contributed by atoms with Crippen LogP contribution in [0.1, 0.15) is 44.6 Å². The Labute approximate surface area is 118 Å². The summed E-state index contributed by atoms with van der Waals surface area (Å²) in [4.78, 5) is 2.41. The molecule has 0 heterocycles. The number of nitrogen functional groups attached to an aromatic ring is 2. The first kappa shape index (κ1) is 15.8. The number of rotatable bonds is 9. The summed E-state index contributed by atoms with van der Waals surface area (Å²) in [5.41, 5.74) is 14.6. The first-order valence-electron chi connectivity index (χ1n) is 7.46. The summed E-state index contributed by atoms with van der Waals surface area (Å²) in [6.07, 6.45) is 7.47. The number of benzene rings is 1. The molecule has 0 aliphatic carbocycles. The Morgan fingerprint density at radius 3 is 2.47 bits per heavy atom. The van der Waals surface area contributed by atoms with Gasteiger partial charge in [0.2, 0.25) is 0 Å². The molecule has 0 aliphatic heterocycles. The van der Waals surface area contributed by atoms with Gasteiger partial charge in [-0.1, -0.05) is 26.2 Å². The summed E-state index contributed by atoms with van der Waals surface area (Å²) >= 11 is 0. The van der Waals surface area contributed by atoms with Gasteiger partial charge in [0.05, 0.1) is 0 Å². The van der Waals surface area contributed by atoms with Crippen LogP contribution in [0.25, 0.3) is 0 Å². The van der Waals surface area contributed by atoms with Crippen LogP contribution in [0, 0.1) is 0 Å². The maximum Gasteiger partial charge on any atom is 0.0348 e. The van der Waals surface area contributed by atoms with E-state index in [1.165, 1.54) is 37.8 Å². The van der Waals surface area contributed by atoms with E-state index in [0.717, 1.165) is 30.8 Å². The Hall–Kier alpha value is -1.22. The lowest BCUT2D eigenvalue weighted by molar-refractivity contribution is 0.320. The highest BCUT2D eigenvalue weighted by atomic mass is 15.1. The summed E-state index contributed by atoms with van der Waals surface area (Å²) in [6, 6.07) is 5.76. The highest BCUT2D eigenvalue weighted by Crippen LogP contribution is 2.17. The van der Waals surface area contributed by atoms with E-state index in [1.807, 2.05) is 18.2 Å². The van der Waals surface area contributed by atoms with Gasteiger partial charge >= 0.3 is 0 Å². The van der Waals surface area contributed by atoms with Gasteiger partial charge in [-0.3, -0.25) is 0 Å². The monoisotopic (exact) mass is 263 g/mol. The molecule has 0 bridgehead atoms. The molecule has 0 saturated heterocycles. The maximum absolute atomic E-state index is 5.95. The summed E-state index contributed by atoms with van der Waals surface area (Å²) < 4.78 is 0. The van der Waals surface area contributed by atoms with Crippen LogP contribution < -0.4 is 11.5 Å². The molecule has 19 heavy (non-hydrogen) atoms. The second-order valence-corrected chi connectivity index (χ2v) is 5.43. The van der Waals surface area contributed by atoms with Crippen molar-refractivity contribution in [3.63, 3.8) is 0 Å². The van der Waals surface area contributed by atoms with Gasteiger partial charge in [0.1, 0.15) is 0 Å². The molecule has 0 aromatic heterocycles. The van der Waals surface area contributed by atoms with Crippen molar-refractivity contribution in [3.8, 4) is 0 Å². The molecule has 0 amide bonds. The highest BCUT2D eigenvalue weighted by Gasteiger charge is 2.02. The minimum atomic E-state index is 0.803. The number of nitrogens with two attached hydrogens (primary N) is 2. The summed E-state index contributed by atoms with van der Waals surface area (Å²) in [7, 11) is 2.20. The molecule has 1 rings (SSSR count). The molecule has 1 aromatic carbocycles. The third kappa shape index (κ3) is 6.48. The minimum Gasteiger partial charge on any atom is -0.399 e. The lowest BCUT2D eigenvalue weighted by Gasteiger charge is -2.16. The zero-order valence-electron chi connectivity index (χ0n) is 12.5. The van der Waals surface area contributed by atoms with Crippen LogP contribution in [0.5, 0.6) is 0 Å². The van der Waals surface area contributed by atoms with Crippen molar-refractivity contribution in [1.82, 2.24) is 4.90 Å². The fourth-order valence-electron chi connectivity index (χ4n) is 2.30. The van der Waals surface area contributed by atoms with Crippen LogP contribution in [0.2, 0.25) is 0 Å². The number of hydrogen-bond acceptors (Lipinski definition) is 3. The normalized spacial score (nSPS) is 11.1. The summed E-state index contributed by atoms with van der Waals surface area (Å²) in [5, 5.41) is 0. The summed E-state index contributed by atoms with van der Waals surface area (Å²) in [6.45, 7) is 4.58. The first-order chi connectivity index (χ1) is 9.13. The fraction of sp³-hybridized carbons (Fsp3) is 0.625. The third-order valence-electron chi connectivity index (χ3n) is 3.55. The fourth-order valence-corrected chi connectivity index (χ4v) is 2.30. The molecular formula is C16H29N3. The molecule has 3 nitrogen and oxygen atoms in total. The van der Waals surface area contributed by atoms with Crippen LogP contribution in [-0.2, 0) is 6.42 Å². The maximum atomic E-state index is 5.95. The Kier molecular flexibility index (Phi) is 7.34. The highest BCUT2D eigenvalue weighted by molar-refractivity contribution is 5.55. The van der Waals surface area contributed by atoms with Crippen LogP contribution in [-0.4, -0.2) is 25.0 Å². The van der Waals surface area contributed by atoms with Gasteiger partial charge in [-0.25, -0.2) is 0 Å². The molecule has 3 heteroatoms. The van der Waals surface area contributed by atoms with E-state index in [0.29, 0.717) is 0 Å². The number of nitrogens with zero attached hydrogens (tertiary/aromatic N) is 1. The molecule has 0 spiro atoms. The SMILES string of the molecule is CCCCCCN(C)CCCc1cc(N)ccc1N. The Bertz CT molecular complexity index is 363. The van der Waals surface area contributed by atoms with Crippen molar-refractivity contribution < 1.29 is 0 Å². The molecule has 0 atom stereocenters. The Balaban J connectivity index is 2.20. The molecule has 0 saturated carbocycles. The first-order valence-corrected chi connectivity index (χ1v) is 7.46. The van der Waals surface area contributed by atoms with Crippen LogP contribution in [0.4, 0.5) is 11.4 Å². The Morgan fingerprint density at radius 1 is 1.00 bits per heavy atom. The van der Waals surface area contributed by atoms with Crippen molar-refractivity contribution in [1.29, 1.82) is 0 Å². The van der Waals surface area contributed by atoms with Gasteiger partial charge in [0, 0.05) is 11.4 Å². The lowest BCUT2D eigenvalue weighted by atomic mass is 10.1. The molecule has 0 unspecified atom stereocenters. The smallest absolute Gasteiger partial charge is 0.0348 e. The van der Waals surface area contributed by atoms with Gasteiger partial charge in [0.25, 0.3) is 0 Å². The van der Waals surface area contributed by atoms with Crippen molar-refractivity contribution in [2.24, 2.45) is 0 Å². The second-order valence-electron chi connectivity index (χ2n) is 5.43. The number of unbranched alkanes of at least 4 members (excludes halogenated alkanes) is 3. The number of hydrogen-bond donors (Lipinski definition) is 2. The molecular weight excluding hydrogens is 234 g/mol. The standard InChI is InChI=1S/C16H29N3/c1-3-4-5-6-11-19(2)12-7-8-14-13-15(17)9-10-16(14)18/h9-10,13H,3-8,11-12,17-18H2,1-2H3. The number of anilines is 2. The predicted molar refractivity (Wildman–Crippen MR) is 85.2 cm³/mol. The predicted octanol–water partition coefficient (Wildman–Crippen LogP) is 3.30. The second kappa shape index (κ2) is 8.81. The van der Waals surface area contributed by atoms with Crippen molar-refractivity contribution in [3.05, 3.63) is 23.8 Å². The van der Waals surface area contributed by atoms with E-state index < -0.39 is 0 Å². The van der Waals surface area contributed by atoms with Crippen LogP contribution in [0.3, 0.4) is 0 Å². The van der Waals surface area contributed by atoms with Crippen molar-refractivity contribution >= 4 is 11.4 Å². The molecule has 1 aromatic rings. The van der Waals surface area contributed by atoms with Gasteiger partial charge in [-0.05, 0) is 63.2 Å². The zero-order valence-corrected chi connectivity index (χ0v) is 12.5. The minimum absolute atomic E-state index is 0.803. The molecule has 0 radical (unpaired) electrons. The van der Waals surface area contributed by atoms with Gasteiger partial charge in [-0.15, -0.1) is 0 Å². The van der Waals surface area contributed by atoms with Gasteiger partial charge in [0.15, 0.2) is 0 Å².